The molecule has 0 aromatic heterocycles. The van der Waals surface area contributed by atoms with Crippen molar-refractivity contribution in [1.29, 1.82) is 0 Å². The van der Waals surface area contributed by atoms with Crippen molar-refractivity contribution in [1.82, 2.24) is 0 Å². The summed E-state index contributed by atoms with van der Waals surface area (Å²) in [6.45, 7) is 13.0. The third kappa shape index (κ3) is 2.22. The summed E-state index contributed by atoms with van der Waals surface area (Å²) in [6, 6.07) is 0. The van der Waals surface area contributed by atoms with Crippen LogP contribution in [-0.4, -0.2) is 22.4 Å². The van der Waals surface area contributed by atoms with Crippen molar-refractivity contribution in [3.8, 4) is 0 Å². The molecule has 3 aliphatic carbocycles. The zero-order chi connectivity index (χ0) is 16.3. The van der Waals surface area contributed by atoms with E-state index in [0.29, 0.717) is 11.8 Å². The first-order valence-electron chi connectivity index (χ1n) is 8.84. The van der Waals surface area contributed by atoms with Crippen LogP contribution in [0.15, 0.2) is 24.3 Å². The number of hydrogen-bond donors (Lipinski definition) is 2. The van der Waals surface area contributed by atoms with Gasteiger partial charge in [-0.25, -0.2) is 0 Å². The summed E-state index contributed by atoms with van der Waals surface area (Å²) in [6.07, 6.45) is 8.56. The van der Waals surface area contributed by atoms with Gasteiger partial charge in [0, 0.05) is 5.41 Å². The van der Waals surface area contributed by atoms with Crippen molar-refractivity contribution in [2.24, 2.45) is 28.1 Å². The molecular formula is C20H32O2. The quantitative estimate of drug-likeness (QED) is 0.717. The maximum Gasteiger partial charge on any atom is 0.0668 e. The largest absolute Gasteiger partial charge is 0.393 e. The van der Waals surface area contributed by atoms with Crippen LogP contribution in [0.4, 0.5) is 0 Å². The van der Waals surface area contributed by atoms with Crippen molar-refractivity contribution in [2.75, 3.05) is 0 Å². The van der Waals surface area contributed by atoms with Gasteiger partial charge < -0.3 is 10.2 Å². The molecular weight excluding hydrogens is 272 g/mol. The van der Waals surface area contributed by atoms with Crippen molar-refractivity contribution < 1.29 is 10.2 Å². The van der Waals surface area contributed by atoms with E-state index in [1.165, 1.54) is 12.0 Å². The highest BCUT2D eigenvalue weighted by Crippen LogP contribution is 2.63. The zero-order valence-electron chi connectivity index (χ0n) is 14.6. The molecule has 2 N–H and O–H groups in total. The maximum atomic E-state index is 10.7. The van der Waals surface area contributed by atoms with E-state index >= 15 is 0 Å². The number of allylic oxidation sites excluding steroid dienone is 1. The monoisotopic (exact) mass is 304 g/mol. The smallest absolute Gasteiger partial charge is 0.0668 e. The number of aliphatic hydroxyl groups excluding tert-OH is 2. The molecule has 22 heavy (non-hydrogen) atoms. The minimum atomic E-state index is -0.364. The molecule has 2 nitrogen and oxygen atoms in total. The van der Waals surface area contributed by atoms with Gasteiger partial charge in [0.2, 0.25) is 0 Å². The molecule has 6 atom stereocenters. The van der Waals surface area contributed by atoms with Crippen LogP contribution < -0.4 is 0 Å². The van der Waals surface area contributed by atoms with Gasteiger partial charge in [-0.15, -0.1) is 6.58 Å². The lowest BCUT2D eigenvalue weighted by Gasteiger charge is -2.61. The van der Waals surface area contributed by atoms with Crippen LogP contribution in [0.2, 0.25) is 0 Å². The molecule has 0 heterocycles. The number of aliphatic hydroxyl groups is 2. The fourth-order valence-corrected chi connectivity index (χ4v) is 6.14. The molecule has 3 aliphatic rings. The van der Waals surface area contributed by atoms with E-state index in [0.717, 1.165) is 25.7 Å². The highest BCUT2D eigenvalue weighted by Gasteiger charge is 2.57. The summed E-state index contributed by atoms with van der Waals surface area (Å²) < 4.78 is 0. The Hall–Kier alpha value is -0.600. The Kier molecular flexibility index (Phi) is 3.66. The van der Waals surface area contributed by atoms with Crippen LogP contribution in [0.1, 0.15) is 59.8 Å². The molecule has 3 rings (SSSR count). The summed E-state index contributed by atoms with van der Waals surface area (Å²) in [7, 11) is 0. The Labute approximate surface area is 135 Å². The fourth-order valence-electron chi connectivity index (χ4n) is 6.14. The molecule has 0 unspecified atom stereocenters. The van der Waals surface area contributed by atoms with Gasteiger partial charge in [0.15, 0.2) is 0 Å². The van der Waals surface area contributed by atoms with Gasteiger partial charge in [-0.05, 0) is 54.8 Å². The maximum absolute atomic E-state index is 10.7. The molecule has 0 amide bonds. The molecule has 0 radical (unpaired) electrons. The minimum Gasteiger partial charge on any atom is -0.393 e. The van der Waals surface area contributed by atoms with Gasteiger partial charge in [-0.3, -0.25) is 0 Å². The molecule has 2 fully saturated rings. The zero-order valence-corrected chi connectivity index (χ0v) is 14.6. The van der Waals surface area contributed by atoms with Gasteiger partial charge in [0.25, 0.3) is 0 Å². The third-order valence-electron chi connectivity index (χ3n) is 7.26. The van der Waals surface area contributed by atoms with Gasteiger partial charge >= 0.3 is 0 Å². The van der Waals surface area contributed by atoms with Crippen molar-refractivity contribution >= 4 is 0 Å². The summed E-state index contributed by atoms with van der Waals surface area (Å²) >= 11 is 0. The lowest BCUT2D eigenvalue weighted by Crippen LogP contribution is -2.55. The van der Waals surface area contributed by atoms with E-state index in [9.17, 15) is 10.2 Å². The second-order valence-corrected chi connectivity index (χ2v) is 9.24. The molecule has 2 saturated carbocycles. The first-order chi connectivity index (χ1) is 10.1. The summed E-state index contributed by atoms with van der Waals surface area (Å²) in [5.74, 6) is 1.04. The highest BCUT2D eigenvalue weighted by atomic mass is 16.3. The van der Waals surface area contributed by atoms with Gasteiger partial charge in [-0.1, -0.05) is 45.4 Å². The number of fused-ring (bicyclic) bond motifs is 3. The highest BCUT2D eigenvalue weighted by molar-refractivity contribution is 5.28. The first kappa shape index (κ1) is 16.3. The van der Waals surface area contributed by atoms with Crippen molar-refractivity contribution in [3.05, 3.63) is 24.3 Å². The fraction of sp³-hybridized carbons (Fsp3) is 0.800. The molecule has 124 valence electrons. The van der Waals surface area contributed by atoms with E-state index < -0.39 is 0 Å². The standard InChI is InChI=1S/C20H32O2/c1-6-19(4)10-13-7-8-16-18(2,3)11-14(21)12-20(16,5)15(13)9-17(19)22/h6,10,14-17,21-22H,1,7-9,11-12H2,2-5H3/t14-,15-,16-,17+,19+,20+/m0/s1. The Balaban J connectivity index is 2.02. The van der Waals surface area contributed by atoms with E-state index in [1.807, 2.05) is 6.08 Å². The molecule has 0 saturated heterocycles. The van der Waals surface area contributed by atoms with E-state index in [4.69, 9.17) is 0 Å². The van der Waals surface area contributed by atoms with E-state index in [1.54, 1.807) is 0 Å². The molecule has 0 aromatic rings. The minimum absolute atomic E-state index is 0.106. The predicted octanol–water partition coefficient (Wildman–Crippen LogP) is 4.08. The summed E-state index contributed by atoms with van der Waals surface area (Å²) in [4.78, 5) is 0. The molecule has 0 bridgehead atoms. The normalized spacial score (nSPS) is 50.5. The van der Waals surface area contributed by atoms with Crippen molar-refractivity contribution in [2.45, 2.75) is 72.0 Å². The van der Waals surface area contributed by atoms with Crippen LogP contribution in [0, 0.1) is 28.1 Å². The van der Waals surface area contributed by atoms with E-state index in [-0.39, 0.29) is 28.5 Å². The van der Waals surface area contributed by atoms with Crippen LogP contribution in [-0.2, 0) is 0 Å². The number of hydrogen-bond acceptors (Lipinski definition) is 2. The molecule has 0 spiro atoms. The second kappa shape index (κ2) is 4.95. The Bertz CT molecular complexity index is 506. The van der Waals surface area contributed by atoms with Gasteiger partial charge in [0.05, 0.1) is 12.2 Å². The average molecular weight is 304 g/mol. The van der Waals surface area contributed by atoms with Gasteiger partial charge in [0.1, 0.15) is 0 Å². The van der Waals surface area contributed by atoms with Crippen LogP contribution in [0.5, 0.6) is 0 Å². The number of rotatable bonds is 1. The Morgan fingerprint density at radius 3 is 2.50 bits per heavy atom. The lowest BCUT2D eigenvalue weighted by atomic mass is 9.45. The Morgan fingerprint density at radius 2 is 1.86 bits per heavy atom. The third-order valence-corrected chi connectivity index (χ3v) is 7.26. The molecule has 2 heteroatoms. The van der Waals surface area contributed by atoms with E-state index in [2.05, 4.69) is 40.3 Å². The van der Waals surface area contributed by atoms with Crippen LogP contribution >= 0.6 is 0 Å². The van der Waals surface area contributed by atoms with Crippen LogP contribution in [0.25, 0.3) is 0 Å². The average Bonchev–Trinajstić information content (AvgIpc) is 2.39. The SMILES string of the molecule is C=C[C@]1(C)C=C2CC[C@H]3C(C)(C)C[C@H](O)C[C@]3(C)[C@H]2C[C@H]1O. The molecule has 0 aromatic carbocycles. The van der Waals surface area contributed by atoms with Crippen molar-refractivity contribution in [3.63, 3.8) is 0 Å². The van der Waals surface area contributed by atoms with Gasteiger partial charge in [-0.2, -0.15) is 0 Å². The summed E-state index contributed by atoms with van der Waals surface area (Å²) in [5.41, 5.74) is 1.49. The lowest BCUT2D eigenvalue weighted by molar-refractivity contribution is -0.117. The topological polar surface area (TPSA) is 40.5 Å². The Morgan fingerprint density at radius 1 is 1.18 bits per heavy atom. The second-order valence-electron chi connectivity index (χ2n) is 9.24. The summed E-state index contributed by atoms with van der Waals surface area (Å²) in [5, 5.41) is 21.1. The molecule has 0 aliphatic heterocycles. The predicted molar refractivity (Wildman–Crippen MR) is 90.4 cm³/mol. The van der Waals surface area contributed by atoms with Crippen LogP contribution in [0.3, 0.4) is 0 Å². The first-order valence-corrected chi connectivity index (χ1v) is 8.84.